The summed E-state index contributed by atoms with van der Waals surface area (Å²) in [6.45, 7) is 2.63. The molecule has 1 saturated heterocycles. The van der Waals surface area contributed by atoms with Gasteiger partial charge in [0.05, 0.1) is 4.92 Å². The van der Waals surface area contributed by atoms with Gasteiger partial charge < -0.3 is 10.6 Å². The fourth-order valence-corrected chi connectivity index (χ4v) is 2.56. The van der Waals surface area contributed by atoms with Gasteiger partial charge in [-0.3, -0.25) is 10.1 Å². The van der Waals surface area contributed by atoms with E-state index in [0.29, 0.717) is 6.54 Å². The van der Waals surface area contributed by atoms with Gasteiger partial charge in [0.1, 0.15) is 0 Å². The zero-order valence-corrected chi connectivity index (χ0v) is 10.5. The van der Waals surface area contributed by atoms with Crippen molar-refractivity contribution in [2.75, 3.05) is 18.0 Å². The molecule has 1 aliphatic heterocycles. The van der Waals surface area contributed by atoms with Gasteiger partial charge in [0.2, 0.25) is 0 Å². The number of nitro groups is 1. The Morgan fingerprint density at radius 3 is 2.68 bits per heavy atom. The van der Waals surface area contributed by atoms with E-state index < -0.39 is 22.2 Å². The molecule has 1 aromatic rings. The van der Waals surface area contributed by atoms with Crippen LogP contribution in [0.1, 0.15) is 13.3 Å². The van der Waals surface area contributed by atoms with E-state index in [1.807, 2.05) is 6.92 Å². The number of nitrogens with two attached hydrogens (primary N) is 1. The van der Waals surface area contributed by atoms with Gasteiger partial charge in [0.25, 0.3) is 5.69 Å². The number of halogens is 2. The van der Waals surface area contributed by atoms with Crippen molar-refractivity contribution in [3.05, 3.63) is 33.9 Å². The lowest BCUT2D eigenvalue weighted by atomic mass is 9.96. The molecule has 0 saturated carbocycles. The van der Waals surface area contributed by atoms with Crippen LogP contribution in [0, 0.1) is 27.7 Å². The second-order valence-electron chi connectivity index (χ2n) is 4.99. The van der Waals surface area contributed by atoms with Gasteiger partial charge in [0.15, 0.2) is 17.3 Å². The summed E-state index contributed by atoms with van der Waals surface area (Å²) in [7, 11) is 0. The normalized spacial score (nSPS) is 23.5. The van der Waals surface area contributed by atoms with Crippen LogP contribution >= 0.6 is 0 Å². The Kier molecular flexibility index (Phi) is 3.66. The molecule has 0 spiro atoms. The summed E-state index contributed by atoms with van der Waals surface area (Å²) in [5.74, 6) is -2.10. The molecule has 104 valence electrons. The summed E-state index contributed by atoms with van der Waals surface area (Å²) >= 11 is 0. The Labute approximate surface area is 109 Å². The molecule has 2 atom stereocenters. The molecule has 0 aliphatic carbocycles. The Morgan fingerprint density at radius 2 is 2.11 bits per heavy atom. The maximum atomic E-state index is 13.9. The highest BCUT2D eigenvalue weighted by atomic mass is 19.2. The second-order valence-corrected chi connectivity index (χ2v) is 4.99. The van der Waals surface area contributed by atoms with E-state index in [9.17, 15) is 18.9 Å². The number of nitro benzene ring substituents is 1. The van der Waals surface area contributed by atoms with Crippen LogP contribution in [0.25, 0.3) is 0 Å². The molecule has 0 radical (unpaired) electrons. The lowest BCUT2D eigenvalue weighted by Gasteiger charge is -2.36. The van der Waals surface area contributed by atoms with E-state index in [1.165, 1.54) is 4.90 Å². The first-order valence-electron chi connectivity index (χ1n) is 6.03. The van der Waals surface area contributed by atoms with Gasteiger partial charge in [-0.25, -0.2) is 8.78 Å². The zero-order valence-electron chi connectivity index (χ0n) is 10.5. The number of piperidine rings is 1. The SMILES string of the molecule is CC1CC(N)CN(c2c([N+](=O)[O-])ccc(F)c2F)C1. The van der Waals surface area contributed by atoms with E-state index in [4.69, 9.17) is 5.73 Å². The summed E-state index contributed by atoms with van der Waals surface area (Å²) in [5.41, 5.74) is 5.11. The molecule has 2 rings (SSSR count). The van der Waals surface area contributed by atoms with Crippen molar-refractivity contribution in [1.82, 2.24) is 0 Å². The minimum absolute atomic E-state index is 0.172. The Hall–Kier alpha value is -1.76. The average molecular weight is 271 g/mol. The highest BCUT2D eigenvalue weighted by Gasteiger charge is 2.31. The van der Waals surface area contributed by atoms with Crippen molar-refractivity contribution in [1.29, 1.82) is 0 Å². The third kappa shape index (κ3) is 2.65. The minimum Gasteiger partial charge on any atom is -0.362 e. The lowest BCUT2D eigenvalue weighted by Crippen LogP contribution is -2.47. The van der Waals surface area contributed by atoms with Crippen molar-refractivity contribution in [3.63, 3.8) is 0 Å². The van der Waals surface area contributed by atoms with E-state index in [0.717, 1.165) is 18.6 Å². The molecule has 7 heteroatoms. The number of rotatable bonds is 2. The van der Waals surface area contributed by atoms with Crippen molar-refractivity contribution >= 4 is 11.4 Å². The van der Waals surface area contributed by atoms with Crippen LogP contribution < -0.4 is 10.6 Å². The van der Waals surface area contributed by atoms with Gasteiger partial charge in [-0.15, -0.1) is 0 Å². The van der Waals surface area contributed by atoms with Crippen LogP contribution in [0.3, 0.4) is 0 Å². The smallest absolute Gasteiger partial charge is 0.295 e. The summed E-state index contributed by atoms with van der Waals surface area (Å²) < 4.78 is 27.2. The first-order valence-corrected chi connectivity index (χ1v) is 6.03. The third-order valence-electron chi connectivity index (χ3n) is 3.25. The lowest BCUT2D eigenvalue weighted by molar-refractivity contribution is -0.384. The molecular formula is C12H15F2N3O2. The van der Waals surface area contributed by atoms with Crippen LogP contribution in [-0.4, -0.2) is 24.1 Å². The highest BCUT2D eigenvalue weighted by Crippen LogP contribution is 2.34. The van der Waals surface area contributed by atoms with Crippen LogP contribution in [0.2, 0.25) is 0 Å². The van der Waals surface area contributed by atoms with Crippen molar-refractivity contribution in [2.24, 2.45) is 11.7 Å². The van der Waals surface area contributed by atoms with E-state index >= 15 is 0 Å². The largest absolute Gasteiger partial charge is 0.362 e. The molecule has 1 heterocycles. The topological polar surface area (TPSA) is 72.4 Å². The summed E-state index contributed by atoms with van der Waals surface area (Å²) in [5, 5.41) is 10.9. The number of nitrogens with zero attached hydrogens (tertiary/aromatic N) is 2. The zero-order chi connectivity index (χ0) is 14.2. The van der Waals surface area contributed by atoms with Crippen LogP contribution in [0.15, 0.2) is 12.1 Å². The molecule has 0 bridgehead atoms. The predicted octanol–water partition coefficient (Wildman–Crippen LogP) is 2.05. The first kappa shape index (κ1) is 13.7. The Morgan fingerprint density at radius 1 is 1.42 bits per heavy atom. The number of benzene rings is 1. The maximum absolute atomic E-state index is 13.9. The van der Waals surface area contributed by atoms with Crippen molar-refractivity contribution in [2.45, 2.75) is 19.4 Å². The minimum atomic E-state index is -1.18. The summed E-state index contributed by atoms with van der Waals surface area (Å²) in [4.78, 5) is 11.7. The average Bonchev–Trinajstić information content (AvgIpc) is 2.30. The van der Waals surface area contributed by atoms with Crippen LogP contribution in [-0.2, 0) is 0 Å². The summed E-state index contributed by atoms with van der Waals surface area (Å²) in [6, 6.07) is 1.55. The molecule has 19 heavy (non-hydrogen) atoms. The molecule has 2 N–H and O–H groups in total. The summed E-state index contributed by atoms with van der Waals surface area (Å²) in [6.07, 6.45) is 0.765. The molecular weight excluding hydrogens is 256 g/mol. The number of hydrogen-bond donors (Lipinski definition) is 1. The quantitative estimate of drug-likeness (QED) is 0.660. The molecule has 2 unspecified atom stereocenters. The van der Waals surface area contributed by atoms with Gasteiger partial charge in [-0.1, -0.05) is 6.92 Å². The Bertz CT molecular complexity index is 500. The number of anilines is 1. The van der Waals surface area contributed by atoms with Crippen molar-refractivity contribution < 1.29 is 13.7 Å². The van der Waals surface area contributed by atoms with Crippen LogP contribution in [0.4, 0.5) is 20.2 Å². The van der Waals surface area contributed by atoms with Crippen molar-refractivity contribution in [3.8, 4) is 0 Å². The monoisotopic (exact) mass is 271 g/mol. The van der Waals surface area contributed by atoms with E-state index in [2.05, 4.69) is 0 Å². The molecule has 1 aromatic carbocycles. The molecule has 0 aromatic heterocycles. The van der Waals surface area contributed by atoms with Gasteiger partial charge >= 0.3 is 0 Å². The molecule has 1 aliphatic rings. The molecule has 1 fully saturated rings. The van der Waals surface area contributed by atoms with Gasteiger partial charge in [0, 0.05) is 25.2 Å². The number of hydrogen-bond acceptors (Lipinski definition) is 4. The van der Waals surface area contributed by atoms with E-state index in [1.54, 1.807) is 0 Å². The van der Waals surface area contributed by atoms with Gasteiger partial charge in [-0.2, -0.15) is 0 Å². The molecule has 0 amide bonds. The Balaban J connectivity index is 2.47. The maximum Gasteiger partial charge on any atom is 0.295 e. The van der Waals surface area contributed by atoms with Crippen LogP contribution in [0.5, 0.6) is 0 Å². The van der Waals surface area contributed by atoms with Gasteiger partial charge in [-0.05, 0) is 18.4 Å². The second kappa shape index (κ2) is 5.08. The van der Waals surface area contributed by atoms with E-state index in [-0.39, 0.29) is 24.2 Å². The standard InChI is InChI=1S/C12H15F2N3O2/c1-7-4-8(15)6-16(5-7)12-10(17(18)19)3-2-9(13)11(12)14/h2-3,7-8H,4-6,15H2,1H3. The predicted molar refractivity (Wildman–Crippen MR) is 67.0 cm³/mol. The fourth-order valence-electron chi connectivity index (χ4n) is 2.56. The fraction of sp³-hybridized carbons (Fsp3) is 0.500. The third-order valence-corrected chi connectivity index (χ3v) is 3.25. The molecule has 5 nitrogen and oxygen atoms in total. The highest BCUT2D eigenvalue weighted by molar-refractivity contribution is 5.64. The first-order chi connectivity index (χ1) is 8.90.